The minimum atomic E-state index is -0.605. The lowest BCUT2D eigenvalue weighted by atomic mass is 10.2. The molecule has 0 aliphatic rings. The van der Waals surface area contributed by atoms with E-state index >= 15 is 0 Å². The molecule has 0 unspecified atom stereocenters. The highest BCUT2D eigenvalue weighted by Gasteiger charge is 2.15. The third-order valence-corrected chi connectivity index (χ3v) is 4.66. The van der Waals surface area contributed by atoms with Gasteiger partial charge in [-0.3, -0.25) is 9.59 Å². The van der Waals surface area contributed by atoms with Gasteiger partial charge in [-0.2, -0.15) is 0 Å². The smallest absolute Gasteiger partial charge is 0.307 e. The van der Waals surface area contributed by atoms with Crippen molar-refractivity contribution in [1.82, 2.24) is 9.97 Å². The Morgan fingerprint density at radius 3 is 2.68 bits per heavy atom. The number of aromatic amines is 1. The molecule has 25 heavy (non-hydrogen) atoms. The summed E-state index contributed by atoms with van der Waals surface area (Å²) in [5.74, 6) is 0.677. The third kappa shape index (κ3) is 4.48. The van der Waals surface area contributed by atoms with E-state index in [-0.39, 0.29) is 11.5 Å². The SMILES string of the molecule is C[C@@H](OC(=O)CCSc1ccccc1)c1nc2ccccc2c(=O)[nH]1. The number of H-pyrrole nitrogens is 1. The van der Waals surface area contributed by atoms with Gasteiger partial charge in [0.15, 0.2) is 11.9 Å². The second-order valence-corrected chi connectivity index (χ2v) is 6.68. The Balaban J connectivity index is 1.59. The predicted molar refractivity (Wildman–Crippen MR) is 98.7 cm³/mol. The summed E-state index contributed by atoms with van der Waals surface area (Å²) in [7, 11) is 0. The van der Waals surface area contributed by atoms with Crippen LogP contribution in [0.5, 0.6) is 0 Å². The van der Waals surface area contributed by atoms with E-state index in [1.807, 2.05) is 36.4 Å². The Morgan fingerprint density at radius 2 is 1.88 bits per heavy atom. The van der Waals surface area contributed by atoms with E-state index in [4.69, 9.17) is 4.74 Å². The fourth-order valence-electron chi connectivity index (χ4n) is 2.38. The highest BCUT2D eigenvalue weighted by Crippen LogP contribution is 2.19. The lowest BCUT2D eigenvalue weighted by Gasteiger charge is -2.13. The standard InChI is InChI=1S/C19H18N2O3S/c1-13(18-20-16-10-6-5-9-15(16)19(23)21-18)24-17(22)11-12-25-14-7-3-2-4-8-14/h2-10,13H,11-12H2,1H3,(H,20,21,23)/t13-/m1/s1. The summed E-state index contributed by atoms with van der Waals surface area (Å²) in [6.07, 6.45) is -0.312. The van der Waals surface area contributed by atoms with Crippen molar-refractivity contribution >= 4 is 28.6 Å². The number of rotatable bonds is 6. The number of benzene rings is 2. The van der Waals surface area contributed by atoms with Gasteiger partial charge in [-0.05, 0) is 31.2 Å². The molecule has 0 saturated carbocycles. The molecular weight excluding hydrogens is 336 g/mol. The number of carbonyl (C=O) groups excluding carboxylic acids is 1. The highest BCUT2D eigenvalue weighted by molar-refractivity contribution is 7.99. The minimum Gasteiger partial charge on any atom is -0.454 e. The number of thioether (sulfide) groups is 1. The molecule has 1 aromatic heterocycles. The first-order valence-electron chi connectivity index (χ1n) is 8.00. The van der Waals surface area contributed by atoms with Gasteiger partial charge in [0.05, 0.1) is 17.3 Å². The number of esters is 1. The van der Waals surface area contributed by atoms with Gasteiger partial charge in [-0.1, -0.05) is 30.3 Å². The Labute approximate surface area is 149 Å². The maximum atomic E-state index is 12.1. The predicted octanol–water partition coefficient (Wildman–Crippen LogP) is 3.71. The summed E-state index contributed by atoms with van der Waals surface area (Å²) in [4.78, 5) is 32.3. The molecule has 2 aromatic carbocycles. The van der Waals surface area contributed by atoms with Crippen LogP contribution in [-0.2, 0) is 9.53 Å². The van der Waals surface area contributed by atoms with Crippen molar-refractivity contribution in [3.63, 3.8) is 0 Å². The van der Waals surface area contributed by atoms with Gasteiger partial charge in [-0.15, -0.1) is 11.8 Å². The first-order chi connectivity index (χ1) is 12.1. The number of nitrogens with one attached hydrogen (secondary N) is 1. The average Bonchev–Trinajstić information content (AvgIpc) is 2.62. The van der Waals surface area contributed by atoms with E-state index in [1.54, 1.807) is 36.9 Å². The molecule has 0 bridgehead atoms. The van der Waals surface area contributed by atoms with Crippen LogP contribution in [0.2, 0.25) is 0 Å². The topological polar surface area (TPSA) is 72.0 Å². The molecule has 3 aromatic rings. The maximum Gasteiger partial charge on any atom is 0.307 e. The summed E-state index contributed by atoms with van der Waals surface area (Å²) in [5, 5.41) is 0.518. The molecule has 0 spiro atoms. The zero-order valence-corrected chi connectivity index (χ0v) is 14.6. The second kappa shape index (κ2) is 7.98. The van der Waals surface area contributed by atoms with E-state index in [0.29, 0.717) is 28.9 Å². The van der Waals surface area contributed by atoms with Crippen LogP contribution < -0.4 is 5.56 Å². The molecule has 0 aliphatic carbocycles. The monoisotopic (exact) mass is 354 g/mol. The van der Waals surface area contributed by atoms with Crippen molar-refractivity contribution in [2.75, 3.05) is 5.75 Å². The molecule has 1 N–H and O–H groups in total. The number of aromatic nitrogens is 2. The van der Waals surface area contributed by atoms with Crippen LogP contribution in [0.4, 0.5) is 0 Å². The third-order valence-electron chi connectivity index (χ3n) is 3.64. The fourth-order valence-corrected chi connectivity index (χ4v) is 3.23. The molecule has 0 saturated heterocycles. The quantitative estimate of drug-likeness (QED) is 0.540. The number of hydrogen-bond donors (Lipinski definition) is 1. The van der Waals surface area contributed by atoms with Crippen LogP contribution >= 0.6 is 11.8 Å². The van der Waals surface area contributed by atoms with Crippen molar-refractivity contribution in [1.29, 1.82) is 0 Å². The Kier molecular flexibility index (Phi) is 5.50. The molecule has 3 rings (SSSR count). The van der Waals surface area contributed by atoms with Crippen LogP contribution in [0, 0.1) is 0 Å². The number of nitrogens with zero attached hydrogens (tertiary/aromatic N) is 1. The molecule has 1 heterocycles. The average molecular weight is 354 g/mol. The number of fused-ring (bicyclic) bond motifs is 1. The minimum absolute atomic E-state index is 0.233. The zero-order valence-electron chi connectivity index (χ0n) is 13.8. The molecule has 0 aliphatic heterocycles. The van der Waals surface area contributed by atoms with E-state index in [9.17, 15) is 9.59 Å². The van der Waals surface area contributed by atoms with Crippen LogP contribution in [0.3, 0.4) is 0 Å². The number of hydrogen-bond acceptors (Lipinski definition) is 5. The van der Waals surface area contributed by atoms with E-state index in [1.165, 1.54) is 0 Å². The summed E-state index contributed by atoms with van der Waals surface area (Å²) in [5.41, 5.74) is 0.354. The summed E-state index contributed by atoms with van der Waals surface area (Å²) in [6.45, 7) is 1.70. The van der Waals surface area contributed by atoms with Gasteiger partial charge in [0.25, 0.3) is 5.56 Å². The van der Waals surface area contributed by atoms with Crippen molar-refractivity contribution < 1.29 is 9.53 Å². The molecular formula is C19H18N2O3S. The number of ether oxygens (including phenoxy) is 1. The maximum absolute atomic E-state index is 12.1. The Bertz CT molecular complexity index is 925. The normalized spacial score (nSPS) is 12.0. The van der Waals surface area contributed by atoms with Gasteiger partial charge in [0.2, 0.25) is 0 Å². The molecule has 128 valence electrons. The van der Waals surface area contributed by atoms with Crippen LogP contribution in [-0.4, -0.2) is 21.7 Å². The summed E-state index contributed by atoms with van der Waals surface area (Å²) in [6, 6.07) is 17.0. The first kappa shape index (κ1) is 17.2. The molecule has 5 nitrogen and oxygen atoms in total. The Hall–Kier alpha value is -2.60. The van der Waals surface area contributed by atoms with Crippen LogP contribution in [0.15, 0.2) is 64.3 Å². The van der Waals surface area contributed by atoms with Gasteiger partial charge in [0.1, 0.15) is 0 Å². The van der Waals surface area contributed by atoms with Gasteiger partial charge < -0.3 is 9.72 Å². The van der Waals surface area contributed by atoms with E-state index in [0.717, 1.165) is 4.90 Å². The molecule has 6 heteroatoms. The highest BCUT2D eigenvalue weighted by atomic mass is 32.2. The molecule has 1 atom stereocenters. The fraction of sp³-hybridized carbons (Fsp3) is 0.211. The van der Waals surface area contributed by atoms with Crippen molar-refractivity contribution in [2.24, 2.45) is 0 Å². The number of carbonyl (C=O) groups is 1. The van der Waals surface area contributed by atoms with Gasteiger partial charge in [0, 0.05) is 10.6 Å². The molecule has 0 radical (unpaired) electrons. The van der Waals surface area contributed by atoms with Crippen molar-refractivity contribution in [3.05, 3.63) is 70.8 Å². The summed E-state index contributed by atoms with van der Waals surface area (Å²) < 4.78 is 5.39. The van der Waals surface area contributed by atoms with Crippen molar-refractivity contribution in [2.45, 2.75) is 24.3 Å². The van der Waals surface area contributed by atoms with E-state index < -0.39 is 6.10 Å². The van der Waals surface area contributed by atoms with Crippen LogP contribution in [0.1, 0.15) is 25.3 Å². The summed E-state index contributed by atoms with van der Waals surface area (Å²) >= 11 is 1.60. The number of para-hydroxylation sites is 1. The first-order valence-corrected chi connectivity index (χ1v) is 8.98. The van der Waals surface area contributed by atoms with E-state index in [2.05, 4.69) is 9.97 Å². The zero-order chi connectivity index (χ0) is 17.6. The van der Waals surface area contributed by atoms with Gasteiger partial charge >= 0.3 is 5.97 Å². The van der Waals surface area contributed by atoms with Gasteiger partial charge in [-0.25, -0.2) is 4.98 Å². The molecule has 0 amide bonds. The lowest BCUT2D eigenvalue weighted by molar-refractivity contribution is -0.148. The largest absolute Gasteiger partial charge is 0.454 e. The second-order valence-electron chi connectivity index (χ2n) is 5.51. The lowest BCUT2D eigenvalue weighted by Crippen LogP contribution is -2.17. The Morgan fingerprint density at radius 1 is 1.16 bits per heavy atom. The van der Waals surface area contributed by atoms with Crippen LogP contribution in [0.25, 0.3) is 10.9 Å². The molecule has 0 fully saturated rings. The van der Waals surface area contributed by atoms with Crippen molar-refractivity contribution in [3.8, 4) is 0 Å².